The van der Waals surface area contributed by atoms with E-state index in [0.29, 0.717) is 11.5 Å². The van der Waals surface area contributed by atoms with Crippen molar-refractivity contribution in [3.8, 4) is 0 Å². The van der Waals surface area contributed by atoms with Crippen molar-refractivity contribution in [1.29, 1.82) is 0 Å². The van der Waals surface area contributed by atoms with Crippen LogP contribution in [0.2, 0.25) is 0 Å². The highest BCUT2D eigenvalue weighted by Gasteiger charge is 2.25. The summed E-state index contributed by atoms with van der Waals surface area (Å²) in [5, 5.41) is 16.1. The van der Waals surface area contributed by atoms with E-state index >= 15 is 0 Å². The molecule has 2 aromatic rings. The van der Waals surface area contributed by atoms with Gasteiger partial charge >= 0.3 is 0 Å². The molecule has 0 unspecified atom stereocenters. The third-order valence-corrected chi connectivity index (χ3v) is 5.36. The van der Waals surface area contributed by atoms with Gasteiger partial charge in [0.05, 0.1) is 12.6 Å². The number of benzene rings is 2. The predicted octanol–water partition coefficient (Wildman–Crippen LogP) is 3.85. The van der Waals surface area contributed by atoms with Crippen LogP contribution in [0.5, 0.6) is 0 Å². The fourth-order valence-electron chi connectivity index (χ4n) is 3.72. The molecular formula is C27H35N3O4. The predicted molar refractivity (Wildman–Crippen MR) is 132 cm³/mol. The summed E-state index contributed by atoms with van der Waals surface area (Å²) >= 11 is 0. The van der Waals surface area contributed by atoms with Crippen molar-refractivity contribution in [2.75, 3.05) is 13.1 Å². The van der Waals surface area contributed by atoms with Gasteiger partial charge in [-0.1, -0.05) is 80.6 Å². The first-order chi connectivity index (χ1) is 16.3. The summed E-state index contributed by atoms with van der Waals surface area (Å²) in [4.78, 5) is 37.6. The average molecular weight is 466 g/mol. The maximum absolute atomic E-state index is 12.7. The molecule has 0 aliphatic rings. The zero-order valence-electron chi connectivity index (χ0n) is 19.9. The van der Waals surface area contributed by atoms with Crippen LogP contribution in [-0.2, 0) is 14.4 Å². The van der Waals surface area contributed by atoms with Crippen LogP contribution in [0.15, 0.2) is 73.3 Å². The minimum Gasteiger partial charge on any atom is -0.355 e. The molecule has 0 aliphatic heterocycles. The van der Waals surface area contributed by atoms with Crippen molar-refractivity contribution >= 4 is 17.7 Å². The molecule has 1 atom stereocenters. The molecule has 0 saturated carbocycles. The van der Waals surface area contributed by atoms with E-state index in [1.54, 1.807) is 0 Å². The van der Waals surface area contributed by atoms with Gasteiger partial charge in [0, 0.05) is 25.3 Å². The fraction of sp³-hybridized carbons (Fsp3) is 0.370. The number of amides is 3. The maximum Gasteiger partial charge on any atom is 0.247 e. The van der Waals surface area contributed by atoms with Crippen LogP contribution in [0.25, 0.3) is 0 Å². The highest BCUT2D eigenvalue weighted by molar-refractivity contribution is 5.86. The molecule has 2 rings (SSSR count). The van der Waals surface area contributed by atoms with Crippen molar-refractivity contribution in [2.24, 2.45) is 11.8 Å². The Morgan fingerprint density at radius 1 is 1.00 bits per heavy atom. The Labute approximate surface area is 201 Å². The van der Waals surface area contributed by atoms with E-state index in [1.807, 2.05) is 74.5 Å². The van der Waals surface area contributed by atoms with E-state index in [1.165, 1.54) is 6.08 Å². The SMILES string of the molecule is C=CCN(O)C(=O)C[C@@H](CC(C)C)C(=O)NCCC(=O)NC(c1ccccc1)c1ccccc1. The van der Waals surface area contributed by atoms with Crippen LogP contribution < -0.4 is 10.6 Å². The summed E-state index contributed by atoms with van der Waals surface area (Å²) < 4.78 is 0. The fourth-order valence-corrected chi connectivity index (χ4v) is 3.72. The molecule has 0 spiro atoms. The molecule has 0 fully saturated rings. The Kier molecular flexibility index (Phi) is 11.0. The highest BCUT2D eigenvalue weighted by Crippen LogP contribution is 2.22. The van der Waals surface area contributed by atoms with Crippen molar-refractivity contribution in [2.45, 2.75) is 39.2 Å². The number of rotatable bonds is 13. The summed E-state index contributed by atoms with van der Waals surface area (Å²) in [5.41, 5.74) is 1.93. The first-order valence-electron chi connectivity index (χ1n) is 11.6. The second kappa shape index (κ2) is 14.0. The quantitative estimate of drug-likeness (QED) is 0.238. The normalized spacial score (nSPS) is 11.7. The summed E-state index contributed by atoms with van der Waals surface area (Å²) in [6.07, 6.45) is 1.90. The standard InChI is InChI=1S/C27H35N3O4/c1-4-17-30(34)25(32)19-23(18-20(2)3)27(33)28-16-15-24(31)29-26(21-11-7-5-8-12-21)22-13-9-6-10-14-22/h4-14,20,23,26,34H,1,15-19H2,2-3H3,(H,28,33)(H,29,31)/t23-/m1/s1. The Bertz CT molecular complexity index is 892. The summed E-state index contributed by atoms with van der Waals surface area (Å²) in [5.74, 6) is -1.43. The lowest BCUT2D eigenvalue weighted by Gasteiger charge is -2.21. The molecule has 3 N–H and O–H groups in total. The van der Waals surface area contributed by atoms with Crippen molar-refractivity contribution in [1.82, 2.24) is 15.7 Å². The molecule has 3 amide bonds. The summed E-state index contributed by atoms with van der Waals surface area (Å²) in [6, 6.07) is 19.1. The topological polar surface area (TPSA) is 98.7 Å². The average Bonchev–Trinajstić information content (AvgIpc) is 2.83. The molecule has 7 heteroatoms. The first kappa shape index (κ1) is 26.8. The van der Waals surface area contributed by atoms with Gasteiger partial charge in [0.25, 0.3) is 0 Å². The molecule has 34 heavy (non-hydrogen) atoms. The molecule has 0 aromatic heterocycles. The largest absolute Gasteiger partial charge is 0.355 e. The summed E-state index contributed by atoms with van der Waals surface area (Å²) in [6.45, 7) is 7.57. The van der Waals surface area contributed by atoms with Gasteiger partial charge in [-0.15, -0.1) is 6.58 Å². The molecule has 0 bridgehead atoms. The number of hydrogen-bond donors (Lipinski definition) is 3. The van der Waals surface area contributed by atoms with Gasteiger partial charge in [-0.3, -0.25) is 19.6 Å². The number of hydroxylamine groups is 2. The molecular weight excluding hydrogens is 430 g/mol. The smallest absolute Gasteiger partial charge is 0.247 e. The molecule has 0 radical (unpaired) electrons. The van der Waals surface area contributed by atoms with E-state index in [4.69, 9.17) is 0 Å². The number of nitrogens with one attached hydrogen (secondary N) is 2. The number of carbonyl (C=O) groups is 3. The lowest BCUT2D eigenvalue weighted by atomic mass is 9.93. The third-order valence-electron chi connectivity index (χ3n) is 5.36. The first-order valence-corrected chi connectivity index (χ1v) is 11.6. The number of hydrogen-bond acceptors (Lipinski definition) is 4. The zero-order valence-corrected chi connectivity index (χ0v) is 19.9. The second-order valence-electron chi connectivity index (χ2n) is 8.66. The van der Waals surface area contributed by atoms with Gasteiger partial charge in [-0.2, -0.15) is 0 Å². The Hall–Kier alpha value is -3.45. The van der Waals surface area contributed by atoms with E-state index in [9.17, 15) is 19.6 Å². The molecule has 7 nitrogen and oxygen atoms in total. The Morgan fingerprint density at radius 3 is 2.06 bits per heavy atom. The lowest BCUT2D eigenvalue weighted by Crippen LogP contribution is -2.38. The lowest BCUT2D eigenvalue weighted by molar-refractivity contribution is -0.165. The van der Waals surface area contributed by atoms with Crippen LogP contribution in [0.1, 0.15) is 50.3 Å². The maximum atomic E-state index is 12.7. The van der Waals surface area contributed by atoms with Gasteiger partial charge < -0.3 is 10.6 Å². The molecule has 0 aliphatic carbocycles. The van der Waals surface area contributed by atoms with Gasteiger partial charge in [0.15, 0.2) is 0 Å². The summed E-state index contributed by atoms with van der Waals surface area (Å²) in [7, 11) is 0. The van der Waals surface area contributed by atoms with Crippen LogP contribution in [0.4, 0.5) is 0 Å². The van der Waals surface area contributed by atoms with E-state index in [0.717, 1.165) is 11.1 Å². The van der Waals surface area contributed by atoms with Gasteiger partial charge in [0.1, 0.15) is 0 Å². The van der Waals surface area contributed by atoms with Gasteiger partial charge in [-0.25, -0.2) is 5.06 Å². The zero-order chi connectivity index (χ0) is 24.9. The number of carbonyl (C=O) groups excluding carboxylic acids is 3. The molecule has 0 saturated heterocycles. The Morgan fingerprint density at radius 2 is 1.56 bits per heavy atom. The second-order valence-corrected chi connectivity index (χ2v) is 8.66. The van der Waals surface area contributed by atoms with Crippen LogP contribution in [0.3, 0.4) is 0 Å². The van der Waals surface area contributed by atoms with Crippen molar-refractivity contribution in [3.05, 3.63) is 84.4 Å². The van der Waals surface area contributed by atoms with Crippen LogP contribution in [0, 0.1) is 11.8 Å². The van der Waals surface area contributed by atoms with Crippen LogP contribution >= 0.6 is 0 Å². The number of nitrogens with zero attached hydrogens (tertiary/aromatic N) is 1. The minimum absolute atomic E-state index is 0.000975. The molecule has 0 heterocycles. The van der Waals surface area contributed by atoms with E-state index < -0.39 is 11.8 Å². The monoisotopic (exact) mass is 465 g/mol. The van der Waals surface area contributed by atoms with Crippen LogP contribution in [-0.4, -0.2) is 41.1 Å². The van der Waals surface area contributed by atoms with Gasteiger partial charge in [0.2, 0.25) is 17.7 Å². The third kappa shape index (κ3) is 8.83. The van der Waals surface area contributed by atoms with E-state index in [2.05, 4.69) is 17.2 Å². The molecule has 2 aromatic carbocycles. The van der Waals surface area contributed by atoms with E-state index in [-0.39, 0.29) is 49.7 Å². The highest BCUT2D eigenvalue weighted by atomic mass is 16.5. The van der Waals surface area contributed by atoms with Crippen molar-refractivity contribution < 1.29 is 19.6 Å². The molecule has 182 valence electrons. The Balaban J connectivity index is 1.94. The van der Waals surface area contributed by atoms with Gasteiger partial charge in [-0.05, 0) is 23.5 Å². The van der Waals surface area contributed by atoms with Crippen molar-refractivity contribution in [3.63, 3.8) is 0 Å². The minimum atomic E-state index is -0.587.